The van der Waals surface area contributed by atoms with E-state index in [1.807, 2.05) is 31.2 Å². The van der Waals surface area contributed by atoms with E-state index in [4.69, 9.17) is 4.74 Å². The maximum atomic E-state index is 9.23. The molecule has 5 nitrogen and oxygen atoms in total. The van der Waals surface area contributed by atoms with Crippen molar-refractivity contribution in [3.8, 4) is 30.0 Å². The first kappa shape index (κ1) is 13.4. The normalized spacial score (nSPS) is 17.9. The van der Waals surface area contributed by atoms with Crippen molar-refractivity contribution in [1.29, 1.82) is 21.0 Å². The third-order valence-corrected chi connectivity index (χ3v) is 3.63. The van der Waals surface area contributed by atoms with Crippen molar-refractivity contribution < 1.29 is 4.74 Å². The molecule has 0 radical (unpaired) electrons. The first-order valence-electron chi connectivity index (χ1n) is 6.03. The van der Waals surface area contributed by atoms with Crippen LogP contribution in [0, 0.1) is 56.2 Å². The molecule has 0 heterocycles. The summed E-state index contributed by atoms with van der Waals surface area (Å²) < 4.78 is 5.31. The molecule has 20 heavy (non-hydrogen) atoms. The Labute approximate surface area is 116 Å². The fraction of sp³-hybridized carbons (Fsp3) is 0.333. The van der Waals surface area contributed by atoms with Gasteiger partial charge in [-0.2, -0.15) is 21.0 Å². The number of benzene rings is 1. The minimum Gasteiger partial charge on any atom is -0.494 e. The van der Waals surface area contributed by atoms with E-state index in [1.54, 1.807) is 24.3 Å². The molecule has 1 aliphatic rings. The lowest BCUT2D eigenvalue weighted by Crippen LogP contribution is -2.05. The van der Waals surface area contributed by atoms with Crippen molar-refractivity contribution in [3.63, 3.8) is 0 Å². The highest BCUT2D eigenvalue weighted by molar-refractivity contribution is 5.59. The van der Waals surface area contributed by atoms with Crippen LogP contribution in [0.4, 0.5) is 0 Å². The fourth-order valence-electron chi connectivity index (χ4n) is 2.56. The first-order chi connectivity index (χ1) is 9.65. The Kier molecular flexibility index (Phi) is 3.07. The molecule has 0 saturated heterocycles. The quantitative estimate of drug-likeness (QED) is 0.830. The molecule has 0 unspecified atom stereocenters. The summed E-state index contributed by atoms with van der Waals surface area (Å²) in [6.45, 7) is 2.39. The highest BCUT2D eigenvalue weighted by atomic mass is 16.5. The molecule has 0 aliphatic heterocycles. The van der Waals surface area contributed by atoms with Crippen LogP contribution < -0.4 is 4.74 Å². The largest absolute Gasteiger partial charge is 0.494 e. The van der Waals surface area contributed by atoms with Crippen molar-refractivity contribution in [2.75, 3.05) is 6.61 Å². The Bertz CT molecular complexity index is 628. The summed E-state index contributed by atoms with van der Waals surface area (Å²) in [4.78, 5) is 0. The topological polar surface area (TPSA) is 104 Å². The molecule has 0 N–H and O–H groups in total. The zero-order valence-corrected chi connectivity index (χ0v) is 10.8. The lowest BCUT2D eigenvalue weighted by Gasteiger charge is -2.04. The molecule has 1 fully saturated rings. The summed E-state index contributed by atoms with van der Waals surface area (Å²) in [5.74, 6) is -0.0494. The van der Waals surface area contributed by atoms with E-state index in [-0.39, 0.29) is 0 Å². The number of hydrogen-bond donors (Lipinski definition) is 0. The van der Waals surface area contributed by atoms with Crippen LogP contribution in [0.1, 0.15) is 18.4 Å². The second-order valence-electron chi connectivity index (χ2n) is 4.50. The molecule has 1 aromatic carbocycles. The van der Waals surface area contributed by atoms with E-state index in [0.29, 0.717) is 17.9 Å². The van der Waals surface area contributed by atoms with Gasteiger partial charge in [-0.1, -0.05) is 12.1 Å². The smallest absolute Gasteiger partial charge is 0.185 e. The van der Waals surface area contributed by atoms with Gasteiger partial charge in [-0.25, -0.2) is 0 Å². The Morgan fingerprint density at radius 1 is 0.950 bits per heavy atom. The van der Waals surface area contributed by atoms with Gasteiger partial charge in [0.05, 0.1) is 36.8 Å². The predicted octanol–water partition coefficient (Wildman–Crippen LogP) is 2.25. The lowest BCUT2D eigenvalue weighted by atomic mass is 9.98. The van der Waals surface area contributed by atoms with Gasteiger partial charge in [-0.3, -0.25) is 0 Å². The molecular formula is C15H10N4O. The zero-order chi connectivity index (χ0) is 14.8. The van der Waals surface area contributed by atoms with Crippen LogP contribution in [-0.4, -0.2) is 6.61 Å². The fourth-order valence-corrected chi connectivity index (χ4v) is 2.56. The van der Waals surface area contributed by atoms with E-state index >= 15 is 0 Å². The highest BCUT2D eigenvalue weighted by Gasteiger charge is 2.81. The van der Waals surface area contributed by atoms with E-state index < -0.39 is 16.7 Å². The molecule has 5 heteroatoms. The summed E-state index contributed by atoms with van der Waals surface area (Å²) in [6.07, 6.45) is 0. The maximum absolute atomic E-state index is 9.23. The van der Waals surface area contributed by atoms with Crippen LogP contribution in [0.25, 0.3) is 0 Å². The van der Waals surface area contributed by atoms with Gasteiger partial charge in [0.25, 0.3) is 0 Å². The lowest BCUT2D eigenvalue weighted by molar-refractivity contribution is 0.340. The SMILES string of the molecule is CCOc1ccc(C2C(C#N)(C#N)C2(C#N)C#N)cc1. The van der Waals surface area contributed by atoms with Crippen LogP contribution in [0.15, 0.2) is 24.3 Å². The summed E-state index contributed by atoms with van der Waals surface area (Å²) in [5, 5.41) is 36.9. The number of nitrogens with zero attached hydrogens (tertiary/aromatic N) is 4. The van der Waals surface area contributed by atoms with Gasteiger partial charge in [0, 0.05) is 0 Å². The third-order valence-electron chi connectivity index (χ3n) is 3.63. The van der Waals surface area contributed by atoms with Crippen LogP contribution >= 0.6 is 0 Å². The maximum Gasteiger partial charge on any atom is 0.185 e. The molecular weight excluding hydrogens is 252 g/mol. The average molecular weight is 262 g/mol. The van der Waals surface area contributed by atoms with Gasteiger partial charge in [0.1, 0.15) is 5.75 Å². The molecule has 1 saturated carbocycles. The van der Waals surface area contributed by atoms with Crippen molar-refractivity contribution in [2.45, 2.75) is 12.8 Å². The summed E-state index contributed by atoms with van der Waals surface area (Å²) in [6, 6.07) is 14.2. The minimum atomic E-state index is -1.59. The van der Waals surface area contributed by atoms with Gasteiger partial charge in [0.2, 0.25) is 0 Å². The van der Waals surface area contributed by atoms with Gasteiger partial charge >= 0.3 is 0 Å². The monoisotopic (exact) mass is 262 g/mol. The predicted molar refractivity (Wildman–Crippen MR) is 67.7 cm³/mol. The highest BCUT2D eigenvalue weighted by Crippen LogP contribution is 2.73. The van der Waals surface area contributed by atoms with Crippen molar-refractivity contribution in [1.82, 2.24) is 0 Å². The van der Waals surface area contributed by atoms with Gasteiger partial charge in [-0.15, -0.1) is 0 Å². The Balaban J connectivity index is 2.45. The molecule has 0 bridgehead atoms. The molecule has 0 spiro atoms. The van der Waals surface area contributed by atoms with Crippen LogP contribution in [-0.2, 0) is 0 Å². The second kappa shape index (κ2) is 4.58. The molecule has 1 aliphatic carbocycles. The number of ether oxygens (including phenoxy) is 1. The molecule has 0 amide bonds. The van der Waals surface area contributed by atoms with Crippen LogP contribution in [0.3, 0.4) is 0 Å². The standard InChI is InChI=1S/C15H10N4O/c1-2-20-12-5-3-11(4-6-12)13-14(7-16,8-17)15(13,9-18)10-19/h3-6,13H,2H2,1H3. The molecule has 1 aromatic rings. The first-order valence-corrected chi connectivity index (χ1v) is 6.03. The van der Waals surface area contributed by atoms with Crippen molar-refractivity contribution in [3.05, 3.63) is 29.8 Å². The van der Waals surface area contributed by atoms with Crippen LogP contribution in [0.2, 0.25) is 0 Å². The second-order valence-corrected chi connectivity index (χ2v) is 4.50. The average Bonchev–Trinajstić information content (AvgIpc) is 3.11. The summed E-state index contributed by atoms with van der Waals surface area (Å²) in [7, 11) is 0. The third kappa shape index (κ3) is 1.45. The van der Waals surface area contributed by atoms with Crippen LogP contribution in [0.5, 0.6) is 5.75 Å². The zero-order valence-electron chi connectivity index (χ0n) is 10.8. The Morgan fingerprint density at radius 2 is 1.40 bits per heavy atom. The van der Waals surface area contributed by atoms with Gasteiger partial charge in [0.15, 0.2) is 10.8 Å². The molecule has 2 rings (SSSR count). The van der Waals surface area contributed by atoms with E-state index in [9.17, 15) is 21.0 Å². The summed E-state index contributed by atoms with van der Waals surface area (Å²) >= 11 is 0. The number of rotatable bonds is 3. The van der Waals surface area contributed by atoms with Crippen molar-refractivity contribution in [2.24, 2.45) is 10.8 Å². The van der Waals surface area contributed by atoms with E-state index in [2.05, 4.69) is 0 Å². The Morgan fingerprint density at radius 3 is 1.75 bits per heavy atom. The number of hydrogen-bond acceptors (Lipinski definition) is 5. The van der Waals surface area contributed by atoms with Gasteiger partial charge in [-0.05, 0) is 24.6 Å². The summed E-state index contributed by atoms with van der Waals surface area (Å²) in [5.41, 5.74) is -2.56. The molecule has 0 atom stereocenters. The molecule has 0 aromatic heterocycles. The number of nitriles is 4. The van der Waals surface area contributed by atoms with E-state index in [1.165, 1.54) is 0 Å². The Hall–Kier alpha value is -3.02. The molecule has 96 valence electrons. The minimum absolute atomic E-state index is 0.531. The van der Waals surface area contributed by atoms with Crippen molar-refractivity contribution >= 4 is 0 Å². The van der Waals surface area contributed by atoms with Gasteiger partial charge < -0.3 is 4.74 Å². The van der Waals surface area contributed by atoms with E-state index in [0.717, 1.165) is 0 Å².